The maximum atomic E-state index is 12.5. The highest BCUT2D eigenvalue weighted by Crippen LogP contribution is 2.23. The van der Waals surface area contributed by atoms with Crippen molar-refractivity contribution in [1.29, 1.82) is 0 Å². The smallest absolute Gasteiger partial charge is 0.256 e. The third-order valence-electron chi connectivity index (χ3n) is 3.57. The molecule has 1 fully saturated rings. The number of benzene rings is 1. The van der Waals surface area contributed by atoms with Crippen LogP contribution in [0.3, 0.4) is 0 Å². The van der Waals surface area contributed by atoms with Gasteiger partial charge in [0, 0.05) is 18.8 Å². The summed E-state index contributed by atoms with van der Waals surface area (Å²) in [6, 6.07) is 7.99. The van der Waals surface area contributed by atoms with Gasteiger partial charge in [-0.2, -0.15) is 0 Å². The summed E-state index contributed by atoms with van der Waals surface area (Å²) in [4.78, 5) is 14.3. The van der Waals surface area contributed by atoms with Gasteiger partial charge in [-0.05, 0) is 38.8 Å². The van der Waals surface area contributed by atoms with E-state index < -0.39 is 0 Å². The summed E-state index contributed by atoms with van der Waals surface area (Å²) in [6.45, 7) is 5.15. The van der Waals surface area contributed by atoms with E-state index in [1.807, 2.05) is 38.1 Å². The minimum atomic E-state index is -0.338. The van der Waals surface area contributed by atoms with Crippen LogP contribution in [0.15, 0.2) is 24.3 Å². The van der Waals surface area contributed by atoms with Gasteiger partial charge in [0.05, 0.1) is 6.10 Å². The van der Waals surface area contributed by atoms with Crippen molar-refractivity contribution in [1.82, 2.24) is 0 Å². The molecule has 0 aliphatic carbocycles. The molecule has 5 heteroatoms. The molecular weight excluding hydrogens is 276 g/mol. The van der Waals surface area contributed by atoms with Crippen molar-refractivity contribution >= 4 is 24.0 Å². The van der Waals surface area contributed by atoms with Crippen molar-refractivity contribution in [3.63, 3.8) is 0 Å². The first-order chi connectivity index (χ1) is 9.15. The second kappa shape index (κ2) is 7.62. The second-order valence-electron chi connectivity index (χ2n) is 4.98. The largest absolute Gasteiger partial charge is 0.364 e. The van der Waals surface area contributed by atoms with Crippen LogP contribution in [0.25, 0.3) is 0 Å². The minimum Gasteiger partial charge on any atom is -0.364 e. The topological polar surface area (TPSA) is 55.6 Å². The van der Waals surface area contributed by atoms with Gasteiger partial charge in [0.2, 0.25) is 0 Å². The third-order valence-corrected chi connectivity index (χ3v) is 3.57. The van der Waals surface area contributed by atoms with E-state index in [4.69, 9.17) is 10.5 Å². The van der Waals surface area contributed by atoms with Gasteiger partial charge in [-0.25, -0.2) is 0 Å². The first kappa shape index (κ1) is 17.0. The lowest BCUT2D eigenvalue weighted by Crippen LogP contribution is -2.39. The average molecular weight is 299 g/mol. The van der Waals surface area contributed by atoms with Crippen LogP contribution in [0, 0.1) is 6.92 Å². The Hall–Kier alpha value is -1.10. The maximum absolute atomic E-state index is 12.5. The monoisotopic (exact) mass is 298 g/mol. The number of ether oxygens (including phenoxy) is 1. The molecule has 1 heterocycles. The lowest BCUT2D eigenvalue weighted by Gasteiger charge is -2.24. The Labute approximate surface area is 126 Å². The summed E-state index contributed by atoms with van der Waals surface area (Å²) in [7, 11) is 0. The van der Waals surface area contributed by atoms with Crippen LogP contribution in [0.2, 0.25) is 0 Å². The SMILES string of the molecule is CCN(C(=O)[C@@H]1CC[C@H](CN)O1)c1ccc(C)cc1.Cl. The van der Waals surface area contributed by atoms with Crippen molar-refractivity contribution in [2.24, 2.45) is 5.73 Å². The first-order valence-electron chi connectivity index (χ1n) is 6.89. The molecule has 0 saturated carbocycles. The predicted molar refractivity (Wildman–Crippen MR) is 83.4 cm³/mol. The summed E-state index contributed by atoms with van der Waals surface area (Å²) in [6.07, 6.45) is 1.34. The molecule has 2 atom stereocenters. The van der Waals surface area contributed by atoms with Gasteiger partial charge < -0.3 is 15.4 Å². The number of carbonyl (C=O) groups is 1. The Morgan fingerprint density at radius 1 is 1.35 bits per heavy atom. The molecule has 1 aliphatic heterocycles. The molecule has 20 heavy (non-hydrogen) atoms. The van der Waals surface area contributed by atoms with Gasteiger partial charge in [0.25, 0.3) is 5.91 Å². The van der Waals surface area contributed by atoms with E-state index in [9.17, 15) is 4.79 Å². The van der Waals surface area contributed by atoms with Crippen LogP contribution in [-0.2, 0) is 9.53 Å². The molecule has 0 radical (unpaired) electrons. The van der Waals surface area contributed by atoms with E-state index in [1.54, 1.807) is 4.90 Å². The second-order valence-corrected chi connectivity index (χ2v) is 4.98. The summed E-state index contributed by atoms with van der Waals surface area (Å²) < 4.78 is 5.68. The van der Waals surface area contributed by atoms with E-state index in [2.05, 4.69) is 0 Å². The number of amides is 1. The highest BCUT2D eigenvalue weighted by Gasteiger charge is 2.32. The van der Waals surface area contributed by atoms with Crippen LogP contribution in [0.4, 0.5) is 5.69 Å². The Bertz CT molecular complexity index is 436. The molecule has 1 aromatic carbocycles. The van der Waals surface area contributed by atoms with Gasteiger partial charge in [0.1, 0.15) is 6.10 Å². The molecule has 2 rings (SSSR count). The highest BCUT2D eigenvalue weighted by molar-refractivity contribution is 5.96. The minimum absolute atomic E-state index is 0. The Morgan fingerprint density at radius 2 is 2.00 bits per heavy atom. The van der Waals surface area contributed by atoms with Crippen LogP contribution in [0.1, 0.15) is 25.3 Å². The molecular formula is C15H23ClN2O2. The van der Waals surface area contributed by atoms with Gasteiger partial charge in [-0.15, -0.1) is 12.4 Å². The molecule has 0 bridgehead atoms. The number of nitrogens with zero attached hydrogens (tertiary/aromatic N) is 1. The van der Waals surface area contributed by atoms with Crippen molar-refractivity contribution < 1.29 is 9.53 Å². The number of aryl methyl sites for hydroxylation is 1. The fraction of sp³-hybridized carbons (Fsp3) is 0.533. The normalized spacial score (nSPS) is 21.4. The quantitative estimate of drug-likeness (QED) is 0.928. The van der Waals surface area contributed by atoms with Crippen LogP contribution in [-0.4, -0.2) is 31.2 Å². The van der Waals surface area contributed by atoms with E-state index >= 15 is 0 Å². The van der Waals surface area contributed by atoms with E-state index in [-0.39, 0.29) is 30.5 Å². The van der Waals surface area contributed by atoms with E-state index in [0.717, 1.165) is 18.5 Å². The number of hydrogen-bond donors (Lipinski definition) is 1. The van der Waals surface area contributed by atoms with Gasteiger partial charge in [-0.1, -0.05) is 17.7 Å². The van der Waals surface area contributed by atoms with Crippen molar-refractivity contribution in [3.8, 4) is 0 Å². The number of hydrogen-bond acceptors (Lipinski definition) is 3. The highest BCUT2D eigenvalue weighted by atomic mass is 35.5. The number of nitrogens with two attached hydrogens (primary N) is 1. The van der Waals surface area contributed by atoms with E-state index in [1.165, 1.54) is 5.56 Å². The fourth-order valence-corrected chi connectivity index (χ4v) is 2.42. The molecule has 0 aromatic heterocycles. The molecule has 0 spiro atoms. The summed E-state index contributed by atoms with van der Waals surface area (Å²) in [5.41, 5.74) is 7.70. The maximum Gasteiger partial charge on any atom is 0.256 e. The first-order valence-corrected chi connectivity index (χ1v) is 6.89. The lowest BCUT2D eigenvalue weighted by atomic mass is 10.1. The average Bonchev–Trinajstić information content (AvgIpc) is 2.90. The summed E-state index contributed by atoms with van der Waals surface area (Å²) >= 11 is 0. The Balaban J connectivity index is 0.00000200. The fourth-order valence-electron chi connectivity index (χ4n) is 2.42. The van der Waals surface area contributed by atoms with Gasteiger partial charge in [0.15, 0.2) is 0 Å². The van der Waals surface area contributed by atoms with Crippen LogP contribution in [0.5, 0.6) is 0 Å². The van der Waals surface area contributed by atoms with E-state index in [0.29, 0.717) is 13.1 Å². The molecule has 4 nitrogen and oxygen atoms in total. The Kier molecular flexibility index (Phi) is 6.46. The predicted octanol–water partition coefficient (Wildman–Crippen LogP) is 2.28. The number of anilines is 1. The zero-order valence-electron chi connectivity index (χ0n) is 12.0. The van der Waals surface area contributed by atoms with Crippen molar-refractivity contribution in [2.75, 3.05) is 18.0 Å². The van der Waals surface area contributed by atoms with Crippen molar-refractivity contribution in [3.05, 3.63) is 29.8 Å². The molecule has 1 amide bonds. The van der Waals surface area contributed by atoms with Gasteiger partial charge in [-0.3, -0.25) is 4.79 Å². The number of carbonyl (C=O) groups excluding carboxylic acids is 1. The number of likely N-dealkylation sites (N-methyl/N-ethyl adjacent to an activating group) is 1. The zero-order chi connectivity index (χ0) is 13.8. The lowest BCUT2D eigenvalue weighted by molar-refractivity contribution is -0.129. The molecule has 1 aromatic rings. The molecule has 2 N–H and O–H groups in total. The third kappa shape index (κ3) is 3.72. The zero-order valence-corrected chi connectivity index (χ0v) is 12.9. The van der Waals surface area contributed by atoms with Crippen LogP contribution >= 0.6 is 12.4 Å². The van der Waals surface area contributed by atoms with Crippen molar-refractivity contribution in [2.45, 2.75) is 38.9 Å². The number of halogens is 1. The summed E-state index contributed by atoms with van der Waals surface area (Å²) in [5, 5.41) is 0. The Morgan fingerprint density at radius 3 is 2.50 bits per heavy atom. The molecule has 0 unspecified atom stereocenters. The molecule has 1 saturated heterocycles. The summed E-state index contributed by atoms with van der Waals surface area (Å²) in [5.74, 6) is 0.0438. The number of rotatable bonds is 4. The van der Waals surface area contributed by atoms with Gasteiger partial charge >= 0.3 is 0 Å². The molecule has 1 aliphatic rings. The standard InChI is InChI=1S/C15H22N2O2.ClH/c1-3-17(12-6-4-11(2)5-7-12)15(18)14-9-8-13(10-16)19-14;/h4-7,13-14H,3,8-10,16H2,1-2H3;1H/t13-,14+;/m1./s1. The van der Waals surface area contributed by atoms with Crippen LogP contribution < -0.4 is 10.6 Å². The molecule has 112 valence electrons.